The van der Waals surface area contributed by atoms with Gasteiger partial charge in [0, 0.05) is 0 Å². The van der Waals surface area contributed by atoms with Gasteiger partial charge in [0.25, 0.3) is 0 Å². The second-order valence-corrected chi connectivity index (χ2v) is 8.93. The normalized spacial score (nSPS) is 14.1. The van der Waals surface area contributed by atoms with Crippen LogP contribution in [0.15, 0.2) is 29.2 Å². The molecule has 0 aliphatic heterocycles. The van der Waals surface area contributed by atoms with Crippen molar-refractivity contribution in [3.63, 3.8) is 0 Å². The first-order valence-corrected chi connectivity index (χ1v) is 10.4. The van der Waals surface area contributed by atoms with Crippen LogP contribution in [0.25, 0.3) is 0 Å². The zero-order valence-electron chi connectivity index (χ0n) is 15.7. The van der Waals surface area contributed by atoms with Crippen molar-refractivity contribution in [1.82, 2.24) is 4.72 Å². The van der Waals surface area contributed by atoms with Gasteiger partial charge in [-0.05, 0) is 44.2 Å². The maximum atomic E-state index is 12.8. The van der Waals surface area contributed by atoms with Gasteiger partial charge >= 0.3 is 0 Å². The Kier molecular flexibility index (Phi) is 7.90. The first-order valence-electron chi connectivity index (χ1n) is 8.96. The van der Waals surface area contributed by atoms with E-state index in [0.717, 1.165) is 18.4 Å². The molecule has 0 heterocycles. The van der Waals surface area contributed by atoms with Crippen molar-refractivity contribution in [2.24, 2.45) is 5.92 Å². The number of hydrogen-bond donors (Lipinski definition) is 2. The van der Waals surface area contributed by atoms with E-state index in [1.54, 1.807) is 24.3 Å². The molecule has 0 aromatic heterocycles. The van der Waals surface area contributed by atoms with Gasteiger partial charge in [-0.1, -0.05) is 58.2 Å². The van der Waals surface area contributed by atoms with Gasteiger partial charge < -0.3 is 5.11 Å². The third-order valence-electron chi connectivity index (χ3n) is 4.35. The second-order valence-electron chi connectivity index (χ2n) is 7.22. The molecular weight excluding hydrogens is 322 g/mol. The Labute approximate surface area is 147 Å². The third-order valence-corrected chi connectivity index (χ3v) is 5.84. The van der Waals surface area contributed by atoms with Crippen molar-refractivity contribution in [3.05, 3.63) is 29.8 Å². The van der Waals surface area contributed by atoms with Crippen molar-refractivity contribution in [1.29, 1.82) is 0 Å². The number of aryl methyl sites for hydroxylation is 1. The number of benzene rings is 1. The Hall–Kier alpha value is -0.910. The Morgan fingerprint density at radius 2 is 1.58 bits per heavy atom. The Bertz CT molecular complexity index is 588. The first kappa shape index (κ1) is 21.1. The third kappa shape index (κ3) is 5.87. The van der Waals surface area contributed by atoms with E-state index in [-0.39, 0.29) is 10.8 Å². The molecule has 1 aromatic rings. The fourth-order valence-corrected chi connectivity index (χ4v) is 4.48. The molecule has 0 unspecified atom stereocenters. The average Bonchev–Trinajstić information content (AvgIpc) is 2.47. The summed E-state index contributed by atoms with van der Waals surface area (Å²) >= 11 is 0. The van der Waals surface area contributed by atoms with Crippen molar-refractivity contribution >= 4 is 10.0 Å². The SMILES string of the molecule is CCCC(O)(CCC)[C@H](CC(C)C)NS(=O)(=O)c1ccc(C)cc1. The molecule has 0 saturated heterocycles. The Morgan fingerprint density at radius 3 is 2.00 bits per heavy atom. The van der Waals surface area contributed by atoms with Crippen LogP contribution in [0.5, 0.6) is 0 Å². The summed E-state index contributed by atoms with van der Waals surface area (Å²) < 4.78 is 28.3. The van der Waals surface area contributed by atoms with Gasteiger partial charge in [0.2, 0.25) is 10.0 Å². The van der Waals surface area contributed by atoms with Crippen LogP contribution in [0.2, 0.25) is 0 Å². The molecule has 5 heteroatoms. The van der Waals surface area contributed by atoms with E-state index in [9.17, 15) is 13.5 Å². The summed E-state index contributed by atoms with van der Waals surface area (Å²) in [4.78, 5) is 0.247. The first-order chi connectivity index (χ1) is 11.1. The number of sulfonamides is 1. The van der Waals surface area contributed by atoms with Gasteiger partial charge in [0.15, 0.2) is 0 Å². The summed E-state index contributed by atoms with van der Waals surface area (Å²) in [5, 5.41) is 11.1. The van der Waals surface area contributed by atoms with Gasteiger partial charge in [0.1, 0.15) is 0 Å². The van der Waals surface area contributed by atoms with Crippen LogP contribution in [0, 0.1) is 12.8 Å². The van der Waals surface area contributed by atoms with Crippen LogP contribution in [-0.2, 0) is 10.0 Å². The molecule has 0 radical (unpaired) electrons. The molecule has 2 N–H and O–H groups in total. The van der Waals surface area contributed by atoms with E-state index in [1.807, 2.05) is 34.6 Å². The fraction of sp³-hybridized carbons (Fsp3) is 0.684. The molecule has 0 fully saturated rings. The monoisotopic (exact) mass is 355 g/mol. The zero-order chi connectivity index (χ0) is 18.4. The van der Waals surface area contributed by atoms with E-state index in [1.165, 1.54) is 0 Å². The van der Waals surface area contributed by atoms with Crippen molar-refractivity contribution in [2.45, 2.75) is 83.3 Å². The molecule has 0 spiro atoms. The largest absolute Gasteiger partial charge is 0.388 e. The summed E-state index contributed by atoms with van der Waals surface area (Å²) in [7, 11) is -3.65. The van der Waals surface area contributed by atoms with Gasteiger partial charge in [-0.15, -0.1) is 0 Å². The second kappa shape index (κ2) is 8.97. The van der Waals surface area contributed by atoms with Gasteiger partial charge in [-0.2, -0.15) is 0 Å². The minimum Gasteiger partial charge on any atom is -0.388 e. The molecular formula is C19H33NO3S. The van der Waals surface area contributed by atoms with Crippen molar-refractivity contribution in [2.75, 3.05) is 0 Å². The predicted octanol–water partition coefficient (Wildman–Crippen LogP) is 4.02. The van der Waals surface area contributed by atoms with Gasteiger partial charge in [0.05, 0.1) is 16.5 Å². The minimum atomic E-state index is -3.65. The lowest BCUT2D eigenvalue weighted by molar-refractivity contribution is -0.0146. The number of hydrogen-bond acceptors (Lipinski definition) is 3. The van der Waals surface area contributed by atoms with Crippen LogP contribution in [0.3, 0.4) is 0 Å². The number of rotatable bonds is 10. The molecule has 0 amide bonds. The molecule has 4 nitrogen and oxygen atoms in total. The molecule has 0 saturated carbocycles. The molecule has 1 aromatic carbocycles. The van der Waals surface area contributed by atoms with Gasteiger partial charge in [-0.25, -0.2) is 13.1 Å². The lowest BCUT2D eigenvalue weighted by Gasteiger charge is -2.37. The van der Waals surface area contributed by atoms with Crippen LogP contribution in [-0.4, -0.2) is 25.2 Å². The standard InChI is InChI=1S/C19H33NO3S/c1-6-12-19(21,13-7-2)18(14-15(3)4)20-24(22,23)17-10-8-16(5)9-11-17/h8-11,15,18,20-21H,6-7,12-14H2,1-5H3/t18-/m0/s1. The van der Waals surface area contributed by atoms with E-state index in [0.29, 0.717) is 19.3 Å². The predicted molar refractivity (Wildman–Crippen MR) is 99.5 cm³/mol. The topological polar surface area (TPSA) is 66.4 Å². The zero-order valence-corrected chi connectivity index (χ0v) is 16.5. The molecule has 1 rings (SSSR count). The maximum absolute atomic E-state index is 12.8. The van der Waals surface area contributed by atoms with E-state index in [4.69, 9.17) is 0 Å². The maximum Gasteiger partial charge on any atom is 0.240 e. The highest BCUT2D eigenvalue weighted by Gasteiger charge is 2.38. The molecule has 1 atom stereocenters. The van der Waals surface area contributed by atoms with E-state index < -0.39 is 21.7 Å². The number of aliphatic hydroxyl groups is 1. The molecule has 24 heavy (non-hydrogen) atoms. The lowest BCUT2D eigenvalue weighted by Crippen LogP contribution is -2.53. The Balaban J connectivity index is 3.13. The summed E-state index contributed by atoms with van der Waals surface area (Å²) in [6, 6.07) is 6.32. The minimum absolute atomic E-state index is 0.247. The quantitative estimate of drug-likeness (QED) is 0.666. The highest BCUT2D eigenvalue weighted by atomic mass is 32.2. The summed E-state index contributed by atoms with van der Waals surface area (Å²) in [5.74, 6) is 0.288. The molecule has 0 aliphatic carbocycles. The fourth-order valence-electron chi connectivity index (χ4n) is 3.16. The van der Waals surface area contributed by atoms with E-state index in [2.05, 4.69) is 4.72 Å². The summed E-state index contributed by atoms with van der Waals surface area (Å²) in [6.07, 6.45) is 3.43. The lowest BCUT2D eigenvalue weighted by atomic mass is 9.82. The van der Waals surface area contributed by atoms with Crippen molar-refractivity contribution < 1.29 is 13.5 Å². The van der Waals surface area contributed by atoms with E-state index >= 15 is 0 Å². The van der Waals surface area contributed by atoms with Crippen LogP contribution in [0.4, 0.5) is 0 Å². The summed E-state index contributed by atoms with van der Waals surface area (Å²) in [6.45, 7) is 10.0. The highest BCUT2D eigenvalue weighted by Crippen LogP contribution is 2.29. The van der Waals surface area contributed by atoms with Crippen LogP contribution in [0.1, 0.15) is 65.4 Å². The molecule has 0 aliphatic rings. The average molecular weight is 356 g/mol. The summed E-state index contributed by atoms with van der Waals surface area (Å²) in [5.41, 5.74) is 0.00656. The van der Waals surface area contributed by atoms with Crippen LogP contribution < -0.4 is 4.72 Å². The van der Waals surface area contributed by atoms with Crippen molar-refractivity contribution in [3.8, 4) is 0 Å². The Morgan fingerprint density at radius 1 is 1.08 bits per heavy atom. The van der Waals surface area contributed by atoms with Crippen LogP contribution >= 0.6 is 0 Å². The molecule has 0 bridgehead atoms. The number of nitrogens with one attached hydrogen (secondary N) is 1. The van der Waals surface area contributed by atoms with Gasteiger partial charge in [-0.3, -0.25) is 0 Å². The highest BCUT2D eigenvalue weighted by molar-refractivity contribution is 7.89. The molecule has 138 valence electrons. The smallest absolute Gasteiger partial charge is 0.240 e.